The lowest BCUT2D eigenvalue weighted by molar-refractivity contribution is 0.0995. The van der Waals surface area contributed by atoms with Gasteiger partial charge in [-0.2, -0.15) is 0 Å². The Kier molecular flexibility index (Phi) is 4.93. The maximum atomic E-state index is 11.7. The van der Waals surface area contributed by atoms with E-state index >= 15 is 0 Å². The Labute approximate surface area is 141 Å². The Morgan fingerprint density at radius 2 is 1.88 bits per heavy atom. The van der Waals surface area contributed by atoms with Crippen molar-refractivity contribution in [2.24, 2.45) is 5.73 Å². The minimum absolute atomic E-state index is 0.245. The highest BCUT2D eigenvalue weighted by Gasteiger charge is 2.17. The van der Waals surface area contributed by atoms with Crippen LogP contribution in [0.25, 0.3) is 11.3 Å². The number of rotatable bonds is 5. The molecule has 0 aliphatic carbocycles. The minimum atomic E-state index is -0.539. The van der Waals surface area contributed by atoms with Crippen molar-refractivity contribution < 1.29 is 9.53 Å². The van der Waals surface area contributed by atoms with Crippen molar-refractivity contribution in [1.29, 1.82) is 0 Å². The molecule has 0 radical (unpaired) electrons. The van der Waals surface area contributed by atoms with Crippen LogP contribution < -0.4 is 15.4 Å². The number of ether oxygens (including phenoxy) is 1. The first kappa shape index (κ1) is 16.2. The Hall–Kier alpha value is -2.63. The standard InChI is InChI=1S/C18H22N4O2/c1-2-24-14-8-6-13(7-9-14)15-12-16(17(19)23)21-18(20-15)22-10-4-3-5-11-22/h6-9,12H,2-5,10-11H2,1H3,(H2,19,23). The molecule has 24 heavy (non-hydrogen) atoms. The quantitative estimate of drug-likeness (QED) is 0.913. The zero-order valence-corrected chi connectivity index (χ0v) is 13.9. The Morgan fingerprint density at radius 1 is 1.17 bits per heavy atom. The van der Waals surface area contributed by atoms with Gasteiger partial charge < -0.3 is 15.4 Å². The van der Waals surface area contributed by atoms with Gasteiger partial charge in [0.2, 0.25) is 5.95 Å². The summed E-state index contributed by atoms with van der Waals surface area (Å²) in [6.07, 6.45) is 3.45. The first-order valence-corrected chi connectivity index (χ1v) is 8.34. The summed E-state index contributed by atoms with van der Waals surface area (Å²) < 4.78 is 5.46. The molecular weight excluding hydrogens is 304 g/mol. The number of carbonyl (C=O) groups is 1. The smallest absolute Gasteiger partial charge is 0.267 e. The van der Waals surface area contributed by atoms with Gasteiger partial charge in [-0.1, -0.05) is 0 Å². The van der Waals surface area contributed by atoms with Crippen LogP contribution in [0, 0.1) is 0 Å². The maximum Gasteiger partial charge on any atom is 0.267 e. The van der Waals surface area contributed by atoms with Gasteiger partial charge in [0.25, 0.3) is 5.91 Å². The first-order valence-electron chi connectivity index (χ1n) is 8.34. The number of aromatic nitrogens is 2. The molecule has 2 N–H and O–H groups in total. The molecule has 1 aromatic heterocycles. The van der Waals surface area contributed by atoms with E-state index in [1.807, 2.05) is 31.2 Å². The van der Waals surface area contributed by atoms with Crippen molar-refractivity contribution in [1.82, 2.24) is 9.97 Å². The van der Waals surface area contributed by atoms with Crippen LogP contribution in [-0.4, -0.2) is 35.6 Å². The number of nitrogens with zero attached hydrogens (tertiary/aromatic N) is 3. The molecule has 0 spiro atoms. The third kappa shape index (κ3) is 3.64. The third-order valence-corrected chi connectivity index (χ3v) is 4.07. The van der Waals surface area contributed by atoms with E-state index in [1.54, 1.807) is 6.07 Å². The third-order valence-electron chi connectivity index (χ3n) is 4.07. The van der Waals surface area contributed by atoms with E-state index in [-0.39, 0.29) is 5.69 Å². The number of amides is 1. The highest BCUT2D eigenvalue weighted by Crippen LogP contribution is 2.24. The number of benzene rings is 1. The molecule has 1 amide bonds. The summed E-state index contributed by atoms with van der Waals surface area (Å²) in [4.78, 5) is 22.8. The molecule has 126 valence electrons. The Bertz CT molecular complexity index is 709. The molecule has 6 heteroatoms. The van der Waals surface area contributed by atoms with Crippen molar-refractivity contribution in [3.63, 3.8) is 0 Å². The summed E-state index contributed by atoms with van der Waals surface area (Å²) in [6.45, 7) is 4.38. The molecule has 0 unspecified atom stereocenters. The van der Waals surface area contributed by atoms with Crippen LogP contribution >= 0.6 is 0 Å². The lowest BCUT2D eigenvalue weighted by Gasteiger charge is -2.27. The van der Waals surface area contributed by atoms with Crippen LogP contribution in [0.1, 0.15) is 36.7 Å². The molecule has 1 aromatic carbocycles. The fraction of sp³-hybridized carbons (Fsp3) is 0.389. The van der Waals surface area contributed by atoms with Gasteiger partial charge in [-0.05, 0) is 56.5 Å². The van der Waals surface area contributed by atoms with Gasteiger partial charge in [-0.3, -0.25) is 4.79 Å². The largest absolute Gasteiger partial charge is 0.494 e. The van der Waals surface area contributed by atoms with E-state index in [0.717, 1.165) is 37.2 Å². The molecule has 2 aromatic rings. The van der Waals surface area contributed by atoms with Crippen LogP contribution in [0.4, 0.5) is 5.95 Å². The summed E-state index contributed by atoms with van der Waals surface area (Å²) in [6, 6.07) is 9.29. The van der Waals surface area contributed by atoms with Crippen molar-refractivity contribution in [2.45, 2.75) is 26.2 Å². The summed E-state index contributed by atoms with van der Waals surface area (Å²) in [5.41, 5.74) is 7.30. The summed E-state index contributed by atoms with van der Waals surface area (Å²) in [7, 11) is 0. The predicted octanol–water partition coefficient (Wildman–Crippen LogP) is 2.63. The second kappa shape index (κ2) is 7.29. The second-order valence-electron chi connectivity index (χ2n) is 5.81. The first-order chi connectivity index (χ1) is 11.7. The Balaban J connectivity index is 1.96. The number of primary amides is 1. The lowest BCUT2D eigenvalue weighted by atomic mass is 10.1. The fourth-order valence-electron chi connectivity index (χ4n) is 2.83. The SMILES string of the molecule is CCOc1ccc(-c2cc(C(N)=O)nc(N3CCCCC3)n2)cc1. The number of anilines is 1. The minimum Gasteiger partial charge on any atom is -0.494 e. The predicted molar refractivity (Wildman–Crippen MR) is 93.2 cm³/mol. The van der Waals surface area contributed by atoms with Gasteiger partial charge in [0.1, 0.15) is 11.4 Å². The van der Waals surface area contributed by atoms with Gasteiger partial charge in [-0.25, -0.2) is 9.97 Å². The molecule has 1 fully saturated rings. The van der Waals surface area contributed by atoms with Gasteiger partial charge >= 0.3 is 0 Å². The molecule has 1 aliphatic rings. The number of carbonyl (C=O) groups excluding carboxylic acids is 1. The number of hydrogen-bond donors (Lipinski definition) is 1. The maximum absolute atomic E-state index is 11.7. The number of piperidine rings is 1. The molecule has 0 bridgehead atoms. The van der Waals surface area contributed by atoms with Gasteiger partial charge in [0, 0.05) is 18.7 Å². The molecule has 6 nitrogen and oxygen atoms in total. The Morgan fingerprint density at radius 3 is 2.50 bits per heavy atom. The molecule has 1 saturated heterocycles. The average Bonchev–Trinajstić information content (AvgIpc) is 2.63. The summed E-state index contributed by atoms with van der Waals surface area (Å²) in [5, 5.41) is 0. The normalized spacial score (nSPS) is 14.5. The highest BCUT2D eigenvalue weighted by atomic mass is 16.5. The molecule has 3 rings (SSSR count). The van der Waals surface area contributed by atoms with E-state index in [1.165, 1.54) is 6.42 Å². The fourth-order valence-corrected chi connectivity index (χ4v) is 2.83. The number of nitrogens with two attached hydrogens (primary N) is 1. The van der Waals surface area contributed by atoms with Crippen LogP contribution in [0.3, 0.4) is 0 Å². The van der Waals surface area contributed by atoms with E-state index < -0.39 is 5.91 Å². The zero-order chi connectivity index (χ0) is 16.9. The topological polar surface area (TPSA) is 81.3 Å². The zero-order valence-electron chi connectivity index (χ0n) is 13.9. The highest BCUT2D eigenvalue weighted by molar-refractivity contribution is 5.92. The van der Waals surface area contributed by atoms with Gasteiger partial charge in [-0.15, -0.1) is 0 Å². The molecule has 1 aliphatic heterocycles. The lowest BCUT2D eigenvalue weighted by Crippen LogP contribution is -2.31. The van der Waals surface area contributed by atoms with E-state index in [4.69, 9.17) is 10.5 Å². The van der Waals surface area contributed by atoms with E-state index in [9.17, 15) is 4.79 Å². The van der Waals surface area contributed by atoms with Crippen molar-refractivity contribution in [3.8, 4) is 17.0 Å². The average molecular weight is 326 g/mol. The molecule has 2 heterocycles. The van der Waals surface area contributed by atoms with Crippen molar-refractivity contribution in [2.75, 3.05) is 24.6 Å². The molecular formula is C18H22N4O2. The molecule has 0 atom stereocenters. The van der Waals surface area contributed by atoms with Crippen LogP contribution in [-0.2, 0) is 0 Å². The van der Waals surface area contributed by atoms with Crippen LogP contribution in [0.5, 0.6) is 5.75 Å². The van der Waals surface area contributed by atoms with E-state index in [2.05, 4.69) is 14.9 Å². The number of hydrogen-bond acceptors (Lipinski definition) is 5. The van der Waals surface area contributed by atoms with Gasteiger partial charge in [0.05, 0.1) is 12.3 Å². The molecule has 0 saturated carbocycles. The summed E-state index contributed by atoms with van der Waals surface area (Å²) >= 11 is 0. The van der Waals surface area contributed by atoms with Crippen molar-refractivity contribution >= 4 is 11.9 Å². The monoisotopic (exact) mass is 326 g/mol. The second-order valence-corrected chi connectivity index (χ2v) is 5.81. The van der Waals surface area contributed by atoms with Crippen LogP contribution in [0.2, 0.25) is 0 Å². The van der Waals surface area contributed by atoms with Crippen molar-refractivity contribution in [3.05, 3.63) is 36.0 Å². The summed E-state index contributed by atoms with van der Waals surface area (Å²) in [5.74, 6) is 0.847. The van der Waals surface area contributed by atoms with Crippen LogP contribution in [0.15, 0.2) is 30.3 Å². The van der Waals surface area contributed by atoms with E-state index in [0.29, 0.717) is 18.2 Å². The van der Waals surface area contributed by atoms with Gasteiger partial charge in [0.15, 0.2) is 0 Å².